The molecule has 0 heterocycles. The number of hydrogen-bond acceptors (Lipinski definition) is 4. The molecule has 5 rings (SSSR count). The lowest BCUT2D eigenvalue weighted by atomic mass is 9.79. The van der Waals surface area contributed by atoms with Gasteiger partial charge in [-0.15, -0.1) is 6.58 Å². The smallest absolute Gasteiger partial charge is 0.126 e. The number of rotatable bonds is 14. The zero-order chi connectivity index (χ0) is 45.6. The summed E-state index contributed by atoms with van der Waals surface area (Å²) in [6.07, 6.45) is 9.32. The van der Waals surface area contributed by atoms with Crippen LogP contribution in [0.5, 0.6) is 23.0 Å². The predicted molar refractivity (Wildman–Crippen MR) is 264 cm³/mol. The number of benzene rings is 4. The lowest BCUT2D eigenvalue weighted by molar-refractivity contribution is 0.302. The van der Waals surface area contributed by atoms with Gasteiger partial charge in [0.15, 0.2) is 0 Å². The molecule has 4 aromatic rings. The van der Waals surface area contributed by atoms with E-state index < -0.39 is 0 Å². The van der Waals surface area contributed by atoms with Gasteiger partial charge >= 0.3 is 0 Å². The summed E-state index contributed by atoms with van der Waals surface area (Å²) in [4.78, 5) is 0. The van der Waals surface area contributed by atoms with Gasteiger partial charge in [0.25, 0.3) is 0 Å². The van der Waals surface area contributed by atoms with Crippen molar-refractivity contribution in [2.45, 2.75) is 183 Å². The van der Waals surface area contributed by atoms with Gasteiger partial charge in [0.1, 0.15) is 23.0 Å². The fraction of sp³-hybridized carbons (Fsp3) is 0.552. The Morgan fingerprint density at radius 3 is 0.774 bits per heavy atom. The quantitative estimate of drug-likeness (QED) is 0.0824. The van der Waals surface area contributed by atoms with Crippen molar-refractivity contribution < 1.29 is 18.9 Å². The molecular formula is C58H82O4. The monoisotopic (exact) mass is 843 g/mol. The summed E-state index contributed by atoms with van der Waals surface area (Å²) in [6.45, 7) is 41.1. The minimum Gasteiger partial charge on any atom is -0.493 e. The van der Waals surface area contributed by atoms with Crippen LogP contribution in [0.2, 0.25) is 0 Å². The molecule has 0 N–H and O–H groups in total. The lowest BCUT2D eigenvalue weighted by Crippen LogP contribution is -2.18. The summed E-state index contributed by atoms with van der Waals surface area (Å²) in [7, 11) is 0. The van der Waals surface area contributed by atoms with Crippen molar-refractivity contribution in [2.24, 2.45) is 0 Å². The van der Waals surface area contributed by atoms with Crippen molar-refractivity contribution >= 4 is 0 Å². The largest absolute Gasteiger partial charge is 0.493 e. The first-order valence-electron chi connectivity index (χ1n) is 23.9. The summed E-state index contributed by atoms with van der Waals surface area (Å²) in [5.41, 5.74) is 14.5. The number of hydrogen-bond donors (Lipinski definition) is 0. The van der Waals surface area contributed by atoms with Crippen molar-refractivity contribution in [3.05, 3.63) is 128 Å². The van der Waals surface area contributed by atoms with Gasteiger partial charge in [0.05, 0.1) is 26.4 Å². The Balaban J connectivity index is 2.01. The maximum Gasteiger partial charge on any atom is 0.126 e. The maximum absolute atomic E-state index is 7.05. The van der Waals surface area contributed by atoms with Crippen molar-refractivity contribution in [1.29, 1.82) is 0 Å². The first-order chi connectivity index (χ1) is 29.1. The summed E-state index contributed by atoms with van der Waals surface area (Å²) in [5, 5.41) is 0. The van der Waals surface area contributed by atoms with E-state index in [2.05, 4.69) is 159 Å². The predicted octanol–water partition coefficient (Wildman–Crippen LogP) is 15.3. The third kappa shape index (κ3) is 12.1. The van der Waals surface area contributed by atoms with Crippen LogP contribution in [0.4, 0.5) is 0 Å². The van der Waals surface area contributed by atoms with Gasteiger partial charge in [-0.1, -0.05) is 158 Å². The Hall–Kier alpha value is -4.18. The SMILES string of the molecule is C=CCCCOc1c2cc(C(C)(C)C)cc1Cc1cc(C(C)(C)C)cc(c1OCCC)Cc1cc(C(C)(C)C)cc(c1OCCC)Cc1cc(C(C)(C)C)cc(c1OCCC)C2. The first kappa shape index (κ1) is 48.8. The molecule has 1 aliphatic carbocycles. The second-order valence-corrected chi connectivity index (χ2v) is 22.0. The highest BCUT2D eigenvalue weighted by molar-refractivity contribution is 5.60. The molecule has 0 fully saturated rings. The third-order valence-electron chi connectivity index (χ3n) is 12.1. The van der Waals surface area contributed by atoms with Crippen LogP contribution in [-0.4, -0.2) is 26.4 Å². The molecule has 0 saturated heterocycles. The lowest BCUT2D eigenvalue weighted by Gasteiger charge is -2.29. The molecule has 338 valence electrons. The van der Waals surface area contributed by atoms with Crippen molar-refractivity contribution in [1.82, 2.24) is 0 Å². The van der Waals surface area contributed by atoms with E-state index >= 15 is 0 Å². The van der Waals surface area contributed by atoms with Gasteiger partial charge < -0.3 is 18.9 Å². The molecule has 4 nitrogen and oxygen atoms in total. The fourth-order valence-corrected chi connectivity index (χ4v) is 8.38. The third-order valence-corrected chi connectivity index (χ3v) is 12.1. The van der Waals surface area contributed by atoms with Crippen LogP contribution in [0.3, 0.4) is 0 Å². The molecule has 4 aromatic carbocycles. The van der Waals surface area contributed by atoms with Gasteiger partial charge in [0, 0.05) is 25.7 Å². The summed E-state index contributed by atoms with van der Waals surface area (Å²) >= 11 is 0. The molecule has 0 aromatic heterocycles. The zero-order valence-electron chi connectivity index (χ0n) is 41.7. The summed E-state index contributed by atoms with van der Waals surface area (Å²) < 4.78 is 27.9. The molecule has 0 aliphatic heterocycles. The van der Waals surface area contributed by atoms with Crippen LogP contribution in [0.15, 0.2) is 61.2 Å². The molecule has 8 bridgehead atoms. The number of ether oxygens (including phenoxy) is 4. The highest BCUT2D eigenvalue weighted by Gasteiger charge is 2.29. The highest BCUT2D eigenvalue weighted by atomic mass is 16.5. The molecule has 0 amide bonds. The van der Waals surface area contributed by atoms with E-state index in [0.717, 1.165) is 55.1 Å². The molecule has 1 aliphatic rings. The van der Waals surface area contributed by atoms with Gasteiger partial charge in [-0.25, -0.2) is 0 Å². The van der Waals surface area contributed by atoms with E-state index in [1.54, 1.807) is 0 Å². The average Bonchev–Trinajstić information content (AvgIpc) is 3.17. The van der Waals surface area contributed by atoms with Gasteiger partial charge in [-0.3, -0.25) is 0 Å². The van der Waals surface area contributed by atoms with Crippen molar-refractivity contribution in [2.75, 3.05) is 26.4 Å². The zero-order valence-corrected chi connectivity index (χ0v) is 41.7. The Labute approximate surface area is 378 Å². The van der Waals surface area contributed by atoms with Crippen LogP contribution >= 0.6 is 0 Å². The van der Waals surface area contributed by atoms with E-state index in [9.17, 15) is 0 Å². The van der Waals surface area contributed by atoms with Gasteiger partial charge in [-0.05, 0) is 121 Å². The number of allylic oxidation sites excluding steroid dienone is 1. The van der Waals surface area contributed by atoms with E-state index in [0.29, 0.717) is 52.1 Å². The van der Waals surface area contributed by atoms with Gasteiger partial charge in [0.2, 0.25) is 0 Å². The normalized spacial score (nSPS) is 13.5. The molecule has 0 radical (unpaired) electrons. The van der Waals surface area contributed by atoms with E-state index in [4.69, 9.17) is 18.9 Å². The highest BCUT2D eigenvalue weighted by Crippen LogP contribution is 2.44. The molecule has 0 atom stereocenters. The molecule has 62 heavy (non-hydrogen) atoms. The average molecular weight is 843 g/mol. The maximum atomic E-state index is 7.05. The molecule has 4 heteroatoms. The van der Waals surface area contributed by atoms with Crippen LogP contribution < -0.4 is 18.9 Å². The first-order valence-corrected chi connectivity index (χ1v) is 23.9. The molecule has 0 unspecified atom stereocenters. The second-order valence-electron chi connectivity index (χ2n) is 22.0. The minimum atomic E-state index is -0.0893. The van der Waals surface area contributed by atoms with E-state index in [1.807, 2.05) is 6.08 Å². The van der Waals surface area contributed by atoms with Crippen LogP contribution in [0, 0.1) is 0 Å². The van der Waals surface area contributed by atoms with E-state index in [-0.39, 0.29) is 21.7 Å². The number of unbranched alkanes of at least 4 members (excludes halogenated alkanes) is 1. The van der Waals surface area contributed by atoms with Crippen molar-refractivity contribution in [3.63, 3.8) is 0 Å². The Morgan fingerprint density at radius 2 is 0.597 bits per heavy atom. The molecule has 0 saturated carbocycles. The summed E-state index contributed by atoms with van der Waals surface area (Å²) in [6, 6.07) is 19.4. The van der Waals surface area contributed by atoms with Crippen LogP contribution in [0.1, 0.15) is 203 Å². The molecule has 0 spiro atoms. The van der Waals surface area contributed by atoms with E-state index in [1.165, 1.54) is 66.8 Å². The Bertz CT molecular complexity index is 2030. The standard InChI is InChI=1S/C58H82O4/c1-17-21-22-26-62-54-45-29-43-35-48(56(8,9)10)33-41(52(43)60-24-19-3)27-39-31-47(55(5,6)7)32-40(51(39)59-23-18-2)28-42-34-49(57(11,12)13)36-44(53(42)61-25-20-4)30-46(54)38-50(37-45)58(14,15)16/h17,31-38H,1,18-30H2,2-16H3. The van der Waals surface area contributed by atoms with Crippen LogP contribution in [-0.2, 0) is 47.3 Å². The Morgan fingerprint density at radius 1 is 0.387 bits per heavy atom. The second kappa shape index (κ2) is 20.1. The van der Waals surface area contributed by atoms with Gasteiger partial charge in [-0.2, -0.15) is 0 Å². The minimum absolute atomic E-state index is 0.0803. The summed E-state index contributed by atoms with van der Waals surface area (Å²) in [5.74, 6) is 3.96. The Kier molecular flexibility index (Phi) is 15.8. The molecular weight excluding hydrogens is 761 g/mol. The van der Waals surface area contributed by atoms with Crippen molar-refractivity contribution in [3.8, 4) is 23.0 Å². The fourth-order valence-electron chi connectivity index (χ4n) is 8.38. The topological polar surface area (TPSA) is 36.9 Å². The van der Waals surface area contributed by atoms with Crippen LogP contribution in [0.25, 0.3) is 0 Å². The number of fused-ring (bicyclic) bond motifs is 8.